The number of piperidine rings is 1. The molecule has 5 rings (SSSR count). The molecular weight excluding hydrogens is 439 g/mol. The minimum atomic E-state index is -0.729. The number of amides is 4. The Morgan fingerprint density at radius 1 is 1.06 bits per heavy atom. The number of pyridine rings is 1. The van der Waals surface area contributed by atoms with Gasteiger partial charge in [0.2, 0.25) is 5.91 Å². The third-order valence-electron chi connectivity index (χ3n) is 7.10. The van der Waals surface area contributed by atoms with Crippen LogP contribution in [0.25, 0.3) is 0 Å². The van der Waals surface area contributed by atoms with Crippen molar-refractivity contribution in [3.05, 3.63) is 69.9 Å². The van der Waals surface area contributed by atoms with Crippen molar-refractivity contribution < 1.29 is 18.8 Å². The minimum Gasteiger partial charge on any atom is -0.342 e. The van der Waals surface area contributed by atoms with Gasteiger partial charge in [0.25, 0.3) is 11.5 Å². The SMILES string of the molecule is O=C(CC[C@H]1NC(=O)N(CCc2cccc(F)c2)C1=O)N1C[C@H]2C[C@@H](C1)c1cccc(=O)n1C2. The first kappa shape index (κ1) is 22.3. The van der Waals surface area contributed by atoms with Crippen molar-refractivity contribution in [1.82, 2.24) is 19.7 Å². The summed E-state index contributed by atoms with van der Waals surface area (Å²) in [6.07, 6.45) is 1.73. The predicted octanol–water partition coefficient (Wildman–Crippen LogP) is 1.88. The molecule has 0 radical (unpaired) electrons. The lowest BCUT2D eigenvalue weighted by Crippen LogP contribution is -2.49. The van der Waals surface area contributed by atoms with Crippen LogP contribution in [0.1, 0.15) is 36.4 Å². The first-order valence-corrected chi connectivity index (χ1v) is 11.7. The second-order valence-electron chi connectivity index (χ2n) is 9.41. The summed E-state index contributed by atoms with van der Waals surface area (Å²) in [5, 5.41) is 2.67. The molecule has 0 saturated carbocycles. The molecule has 3 aliphatic rings. The van der Waals surface area contributed by atoms with E-state index in [0.29, 0.717) is 31.6 Å². The number of halogens is 1. The molecule has 2 saturated heterocycles. The fourth-order valence-electron chi connectivity index (χ4n) is 5.44. The topological polar surface area (TPSA) is 91.7 Å². The average Bonchev–Trinajstić information content (AvgIpc) is 3.09. The van der Waals surface area contributed by atoms with E-state index in [1.165, 1.54) is 12.1 Å². The molecule has 2 aromatic rings. The highest BCUT2D eigenvalue weighted by molar-refractivity contribution is 6.04. The Morgan fingerprint density at radius 2 is 1.88 bits per heavy atom. The van der Waals surface area contributed by atoms with E-state index in [0.717, 1.165) is 17.0 Å². The van der Waals surface area contributed by atoms with Crippen LogP contribution < -0.4 is 10.9 Å². The number of hydrogen-bond donors (Lipinski definition) is 1. The number of benzene rings is 1. The number of nitrogens with one attached hydrogen (secondary N) is 1. The van der Waals surface area contributed by atoms with Crippen molar-refractivity contribution in [3.8, 4) is 0 Å². The van der Waals surface area contributed by atoms with Crippen LogP contribution in [-0.2, 0) is 22.6 Å². The van der Waals surface area contributed by atoms with Gasteiger partial charge >= 0.3 is 6.03 Å². The number of carbonyl (C=O) groups excluding carboxylic acids is 3. The molecule has 2 bridgehead atoms. The summed E-state index contributed by atoms with van der Waals surface area (Å²) in [7, 11) is 0. The molecule has 0 unspecified atom stereocenters. The molecule has 178 valence electrons. The zero-order chi connectivity index (χ0) is 23.8. The predicted molar refractivity (Wildman–Crippen MR) is 122 cm³/mol. The normalized spacial score (nSPS) is 23.6. The van der Waals surface area contributed by atoms with Crippen LogP contribution in [0.15, 0.2) is 47.3 Å². The van der Waals surface area contributed by atoms with E-state index in [1.807, 2.05) is 15.5 Å². The molecule has 1 aromatic heterocycles. The molecule has 34 heavy (non-hydrogen) atoms. The zero-order valence-electron chi connectivity index (χ0n) is 18.8. The Labute approximate surface area is 196 Å². The van der Waals surface area contributed by atoms with Gasteiger partial charge in [0, 0.05) is 50.3 Å². The molecule has 4 heterocycles. The zero-order valence-corrected chi connectivity index (χ0v) is 18.8. The molecule has 3 aliphatic heterocycles. The van der Waals surface area contributed by atoms with Crippen molar-refractivity contribution in [2.75, 3.05) is 19.6 Å². The molecule has 0 aliphatic carbocycles. The maximum Gasteiger partial charge on any atom is 0.324 e. The van der Waals surface area contributed by atoms with Gasteiger partial charge in [-0.2, -0.15) is 0 Å². The summed E-state index contributed by atoms with van der Waals surface area (Å²) in [6.45, 7) is 1.93. The summed E-state index contributed by atoms with van der Waals surface area (Å²) in [5.41, 5.74) is 1.69. The lowest BCUT2D eigenvalue weighted by molar-refractivity contribution is -0.134. The van der Waals surface area contributed by atoms with Crippen LogP contribution in [0.4, 0.5) is 9.18 Å². The van der Waals surface area contributed by atoms with Crippen LogP contribution >= 0.6 is 0 Å². The van der Waals surface area contributed by atoms with E-state index >= 15 is 0 Å². The number of nitrogens with zero attached hydrogens (tertiary/aromatic N) is 3. The number of rotatable bonds is 6. The highest BCUT2D eigenvalue weighted by atomic mass is 19.1. The molecule has 3 atom stereocenters. The number of imide groups is 1. The highest BCUT2D eigenvalue weighted by Gasteiger charge is 2.39. The monoisotopic (exact) mass is 466 g/mol. The van der Waals surface area contributed by atoms with E-state index in [2.05, 4.69) is 5.32 Å². The second kappa shape index (κ2) is 9.04. The molecule has 1 aromatic carbocycles. The van der Waals surface area contributed by atoms with Crippen LogP contribution in [-0.4, -0.2) is 57.9 Å². The largest absolute Gasteiger partial charge is 0.342 e. The maximum absolute atomic E-state index is 13.4. The van der Waals surface area contributed by atoms with Gasteiger partial charge in [-0.15, -0.1) is 0 Å². The highest BCUT2D eigenvalue weighted by Crippen LogP contribution is 2.35. The first-order valence-electron chi connectivity index (χ1n) is 11.7. The van der Waals surface area contributed by atoms with E-state index in [4.69, 9.17) is 0 Å². The molecule has 1 N–H and O–H groups in total. The third-order valence-corrected chi connectivity index (χ3v) is 7.10. The Hall–Kier alpha value is -3.49. The Morgan fingerprint density at radius 3 is 2.71 bits per heavy atom. The number of likely N-dealkylation sites (tertiary alicyclic amines) is 1. The van der Waals surface area contributed by atoms with Crippen molar-refractivity contribution in [3.63, 3.8) is 0 Å². The first-order chi connectivity index (χ1) is 16.4. The van der Waals surface area contributed by atoms with Crippen molar-refractivity contribution in [2.24, 2.45) is 5.92 Å². The quantitative estimate of drug-likeness (QED) is 0.658. The summed E-state index contributed by atoms with van der Waals surface area (Å²) in [4.78, 5) is 53.2. The van der Waals surface area contributed by atoms with Gasteiger partial charge in [0.1, 0.15) is 11.9 Å². The van der Waals surface area contributed by atoms with E-state index in [-0.39, 0.29) is 54.4 Å². The average molecular weight is 467 g/mol. The molecule has 9 heteroatoms. The Kier molecular flexibility index (Phi) is 5.93. The van der Waals surface area contributed by atoms with Crippen molar-refractivity contribution in [2.45, 2.75) is 44.2 Å². The lowest BCUT2D eigenvalue weighted by Gasteiger charge is -2.42. The summed E-state index contributed by atoms with van der Waals surface area (Å²) in [5.74, 6) is -0.374. The van der Waals surface area contributed by atoms with Crippen LogP contribution in [0, 0.1) is 11.7 Å². The molecule has 0 spiro atoms. The number of carbonyl (C=O) groups is 3. The van der Waals surface area contributed by atoms with Gasteiger partial charge in [-0.1, -0.05) is 18.2 Å². The molecule has 2 fully saturated rings. The summed E-state index contributed by atoms with van der Waals surface area (Å²) < 4.78 is 15.2. The molecular formula is C25H27FN4O4. The number of hydrogen-bond acceptors (Lipinski definition) is 4. The van der Waals surface area contributed by atoms with Gasteiger partial charge in [0.15, 0.2) is 0 Å². The van der Waals surface area contributed by atoms with Gasteiger partial charge in [-0.3, -0.25) is 19.3 Å². The van der Waals surface area contributed by atoms with Crippen molar-refractivity contribution >= 4 is 17.8 Å². The van der Waals surface area contributed by atoms with Crippen LogP contribution in [0.5, 0.6) is 0 Å². The van der Waals surface area contributed by atoms with Gasteiger partial charge in [-0.25, -0.2) is 9.18 Å². The van der Waals surface area contributed by atoms with Crippen molar-refractivity contribution in [1.29, 1.82) is 0 Å². The van der Waals surface area contributed by atoms with Gasteiger partial charge in [-0.05, 0) is 48.9 Å². The number of aromatic nitrogens is 1. The number of urea groups is 1. The van der Waals surface area contributed by atoms with Crippen LogP contribution in [0.3, 0.4) is 0 Å². The lowest BCUT2D eigenvalue weighted by atomic mass is 9.83. The molecule has 8 nitrogen and oxygen atoms in total. The summed E-state index contributed by atoms with van der Waals surface area (Å²) in [6, 6.07) is 10.2. The second-order valence-corrected chi connectivity index (χ2v) is 9.41. The molecule has 4 amide bonds. The minimum absolute atomic E-state index is 0.00409. The van der Waals surface area contributed by atoms with E-state index in [1.54, 1.807) is 24.3 Å². The fourth-order valence-corrected chi connectivity index (χ4v) is 5.44. The van der Waals surface area contributed by atoms with Gasteiger partial charge < -0.3 is 14.8 Å². The Balaban J connectivity index is 1.16. The number of fused-ring (bicyclic) bond motifs is 4. The van der Waals surface area contributed by atoms with E-state index in [9.17, 15) is 23.6 Å². The maximum atomic E-state index is 13.4. The van der Waals surface area contributed by atoms with E-state index < -0.39 is 12.1 Å². The fraction of sp³-hybridized carbons (Fsp3) is 0.440. The smallest absolute Gasteiger partial charge is 0.324 e. The summed E-state index contributed by atoms with van der Waals surface area (Å²) >= 11 is 0. The third kappa shape index (κ3) is 4.34. The standard InChI is InChI=1S/C25H27FN4O4/c26-19-4-1-3-16(12-19)9-10-29-24(33)20(27-25(29)34)7-8-22(31)28-13-17-11-18(15-28)21-5-2-6-23(32)30(21)14-17/h1-6,12,17-18,20H,7-11,13-15H2,(H,27,34)/t17-,18+,20-/m1/s1. The van der Waals surface area contributed by atoms with Crippen LogP contribution in [0.2, 0.25) is 0 Å². The Bertz CT molecular complexity index is 1200. The van der Waals surface area contributed by atoms with Gasteiger partial charge in [0.05, 0.1) is 0 Å².